The number of ketones is 1. The van der Waals surface area contributed by atoms with Crippen LogP contribution in [0.3, 0.4) is 0 Å². The molecular weight excluding hydrogens is 344 g/mol. The number of Topliss-reactive ketones (excluding diaryl/α,β-unsaturated/α-hetero) is 1. The van der Waals surface area contributed by atoms with Crippen LogP contribution in [0, 0.1) is 5.92 Å². The number of rotatable bonds is 5. The van der Waals surface area contributed by atoms with Crippen molar-refractivity contribution < 1.29 is 4.79 Å². The van der Waals surface area contributed by atoms with E-state index in [-0.39, 0.29) is 11.7 Å². The highest BCUT2D eigenvalue weighted by Gasteiger charge is 2.28. The maximum Gasteiger partial charge on any atom is 0.253 e. The molecule has 6 heteroatoms. The summed E-state index contributed by atoms with van der Waals surface area (Å²) >= 11 is 1.65. The number of hydrogen-bond donors (Lipinski definition) is 0. The third kappa shape index (κ3) is 3.51. The number of aromatic nitrogens is 4. The second-order valence-corrected chi connectivity index (χ2v) is 8.27. The summed E-state index contributed by atoms with van der Waals surface area (Å²) in [6, 6.07) is 10.2. The van der Waals surface area contributed by atoms with Crippen LogP contribution in [-0.2, 0) is 6.42 Å². The Balaban J connectivity index is 1.60. The molecule has 0 unspecified atom stereocenters. The summed E-state index contributed by atoms with van der Waals surface area (Å²) in [5.41, 5.74) is 2.72. The predicted octanol–water partition coefficient (Wildman–Crippen LogP) is 4.18. The van der Waals surface area contributed by atoms with E-state index in [2.05, 4.69) is 41.0 Å². The first kappa shape index (κ1) is 17.2. The molecule has 3 aromatic rings. The van der Waals surface area contributed by atoms with E-state index in [1.807, 2.05) is 18.2 Å². The van der Waals surface area contributed by atoms with Gasteiger partial charge in [-0.2, -0.15) is 4.98 Å². The van der Waals surface area contributed by atoms with E-state index in [0.717, 1.165) is 29.4 Å². The van der Waals surface area contributed by atoms with Crippen molar-refractivity contribution in [3.8, 4) is 0 Å². The van der Waals surface area contributed by atoms with Crippen molar-refractivity contribution in [2.24, 2.45) is 5.92 Å². The Morgan fingerprint density at radius 2 is 2.00 bits per heavy atom. The molecule has 0 bridgehead atoms. The minimum atomic E-state index is 0.138. The monoisotopic (exact) mass is 366 g/mol. The molecule has 5 nitrogen and oxygen atoms in total. The van der Waals surface area contributed by atoms with E-state index >= 15 is 0 Å². The summed E-state index contributed by atoms with van der Waals surface area (Å²) in [5.74, 6) is 2.56. The first-order valence-corrected chi connectivity index (χ1v) is 10.1. The van der Waals surface area contributed by atoms with Crippen LogP contribution in [0.4, 0.5) is 0 Å². The topological polar surface area (TPSA) is 60.1 Å². The zero-order valence-electron chi connectivity index (χ0n) is 15.1. The van der Waals surface area contributed by atoms with E-state index < -0.39 is 0 Å². The molecule has 0 fully saturated rings. The lowest BCUT2D eigenvalue weighted by atomic mass is 9.82. The largest absolute Gasteiger partial charge is 0.294 e. The van der Waals surface area contributed by atoms with Crippen LogP contribution < -0.4 is 0 Å². The van der Waals surface area contributed by atoms with E-state index in [0.29, 0.717) is 23.7 Å². The van der Waals surface area contributed by atoms with Gasteiger partial charge in [0.05, 0.1) is 11.3 Å². The maximum atomic E-state index is 12.7. The van der Waals surface area contributed by atoms with Crippen LogP contribution in [0.15, 0.2) is 41.7 Å². The van der Waals surface area contributed by atoms with Gasteiger partial charge in [-0.05, 0) is 30.2 Å². The molecule has 134 valence electrons. The lowest BCUT2D eigenvalue weighted by Gasteiger charge is -2.22. The van der Waals surface area contributed by atoms with Crippen molar-refractivity contribution in [1.29, 1.82) is 0 Å². The fraction of sp³-hybridized carbons (Fsp3) is 0.400. The van der Waals surface area contributed by atoms with Gasteiger partial charge in [0.25, 0.3) is 5.78 Å². The molecule has 0 saturated heterocycles. The Hall–Kier alpha value is -2.21. The number of thioether (sulfide) groups is 1. The molecular formula is C20H22N4OS. The summed E-state index contributed by atoms with van der Waals surface area (Å²) in [6.45, 7) is 4.42. The molecule has 1 atom stereocenters. The molecule has 1 aliphatic carbocycles. The predicted molar refractivity (Wildman–Crippen MR) is 103 cm³/mol. The fourth-order valence-corrected chi connectivity index (χ4v) is 4.34. The molecule has 1 aliphatic rings. The number of hydrogen-bond acceptors (Lipinski definition) is 5. The summed E-state index contributed by atoms with van der Waals surface area (Å²) in [5, 5.41) is 5.21. The van der Waals surface area contributed by atoms with Crippen molar-refractivity contribution in [2.75, 3.05) is 5.75 Å². The summed E-state index contributed by atoms with van der Waals surface area (Å²) in [6.07, 6.45) is 4.22. The van der Waals surface area contributed by atoms with Crippen molar-refractivity contribution in [3.05, 3.63) is 53.3 Å². The van der Waals surface area contributed by atoms with Gasteiger partial charge >= 0.3 is 0 Å². The van der Waals surface area contributed by atoms with Crippen LogP contribution in [0.5, 0.6) is 0 Å². The van der Waals surface area contributed by atoms with Gasteiger partial charge < -0.3 is 0 Å². The molecule has 0 N–H and O–H groups in total. The van der Waals surface area contributed by atoms with Gasteiger partial charge in [-0.1, -0.05) is 55.9 Å². The smallest absolute Gasteiger partial charge is 0.253 e. The molecule has 2 aromatic heterocycles. The van der Waals surface area contributed by atoms with Crippen molar-refractivity contribution in [1.82, 2.24) is 19.6 Å². The first-order chi connectivity index (χ1) is 12.6. The highest BCUT2D eigenvalue weighted by Crippen LogP contribution is 2.32. The van der Waals surface area contributed by atoms with Gasteiger partial charge in [0, 0.05) is 18.4 Å². The number of fused-ring (bicyclic) bond motifs is 2. The van der Waals surface area contributed by atoms with Crippen LogP contribution in [0.1, 0.15) is 54.2 Å². The maximum absolute atomic E-state index is 12.7. The Bertz CT molecular complexity index is 936. The molecule has 2 heterocycles. The van der Waals surface area contributed by atoms with Crippen LogP contribution in [0.2, 0.25) is 0 Å². The second-order valence-electron chi connectivity index (χ2n) is 7.21. The van der Waals surface area contributed by atoms with E-state index in [1.165, 1.54) is 5.56 Å². The van der Waals surface area contributed by atoms with Gasteiger partial charge in [-0.15, -0.1) is 5.10 Å². The SMILES string of the molecule is CC(C)CCSc1nc2nc3c(cn2n1)C(=O)C[C@H](c1ccccc1)C3. The van der Waals surface area contributed by atoms with Crippen molar-refractivity contribution in [2.45, 2.75) is 44.2 Å². The Morgan fingerprint density at radius 1 is 1.19 bits per heavy atom. The standard InChI is InChI=1S/C20H22N4OS/c1-13(2)8-9-26-20-22-19-21-17-10-15(14-6-4-3-5-7-14)11-18(25)16(17)12-24(19)23-20/h3-7,12-13,15H,8-11H2,1-2H3/t15-/m1/s1. The second kappa shape index (κ2) is 7.19. The highest BCUT2D eigenvalue weighted by molar-refractivity contribution is 7.99. The summed E-state index contributed by atoms with van der Waals surface area (Å²) < 4.78 is 1.65. The molecule has 0 spiro atoms. The Labute approximate surface area is 157 Å². The normalized spacial score (nSPS) is 17.0. The number of benzene rings is 1. The van der Waals surface area contributed by atoms with Crippen LogP contribution >= 0.6 is 11.8 Å². The van der Waals surface area contributed by atoms with E-state index in [1.54, 1.807) is 22.5 Å². The zero-order chi connectivity index (χ0) is 18.1. The van der Waals surface area contributed by atoms with Crippen LogP contribution in [-0.4, -0.2) is 31.1 Å². The summed E-state index contributed by atoms with van der Waals surface area (Å²) in [7, 11) is 0. The van der Waals surface area contributed by atoms with E-state index in [4.69, 9.17) is 0 Å². The van der Waals surface area contributed by atoms with Gasteiger partial charge in [-0.25, -0.2) is 9.50 Å². The van der Waals surface area contributed by atoms with Gasteiger partial charge in [0.1, 0.15) is 0 Å². The minimum Gasteiger partial charge on any atom is -0.294 e. The molecule has 0 amide bonds. The third-order valence-corrected chi connectivity index (χ3v) is 5.63. The highest BCUT2D eigenvalue weighted by atomic mass is 32.2. The molecule has 26 heavy (non-hydrogen) atoms. The van der Waals surface area contributed by atoms with Gasteiger partial charge in [-0.3, -0.25) is 4.79 Å². The summed E-state index contributed by atoms with van der Waals surface area (Å²) in [4.78, 5) is 21.9. The third-order valence-electron chi connectivity index (χ3n) is 4.76. The molecule has 0 aliphatic heterocycles. The minimum absolute atomic E-state index is 0.138. The lowest BCUT2D eigenvalue weighted by Crippen LogP contribution is -2.21. The fourth-order valence-electron chi connectivity index (χ4n) is 3.27. The van der Waals surface area contributed by atoms with Gasteiger partial charge in [0.15, 0.2) is 5.78 Å². The van der Waals surface area contributed by atoms with Crippen molar-refractivity contribution >= 4 is 23.3 Å². The number of carbonyl (C=O) groups excluding carboxylic acids is 1. The van der Waals surface area contributed by atoms with E-state index in [9.17, 15) is 4.79 Å². The lowest BCUT2D eigenvalue weighted by molar-refractivity contribution is 0.0962. The van der Waals surface area contributed by atoms with Gasteiger partial charge in [0.2, 0.25) is 5.16 Å². The molecule has 0 radical (unpaired) electrons. The molecule has 0 saturated carbocycles. The Kier molecular flexibility index (Phi) is 4.76. The average Bonchev–Trinajstić information content (AvgIpc) is 3.02. The number of carbonyl (C=O) groups is 1. The molecule has 4 rings (SSSR count). The van der Waals surface area contributed by atoms with Crippen molar-refractivity contribution in [3.63, 3.8) is 0 Å². The number of nitrogens with zero attached hydrogens (tertiary/aromatic N) is 4. The first-order valence-electron chi connectivity index (χ1n) is 9.07. The quantitative estimate of drug-likeness (QED) is 0.634. The Morgan fingerprint density at radius 3 is 2.77 bits per heavy atom. The molecule has 1 aromatic carbocycles. The zero-order valence-corrected chi connectivity index (χ0v) is 15.9. The average molecular weight is 366 g/mol. The van der Waals surface area contributed by atoms with Crippen LogP contribution in [0.25, 0.3) is 5.78 Å².